The van der Waals surface area contributed by atoms with E-state index in [1.807, 2.05) is 40.6 Å². The number of pyridine rings is 1. The summed E-state index contributed by atoms with van der Waals surface area (Å²) < 4.78 is 0. The van der Waals surface area contributed by atoms with Crippen molar-refractivity contribution >= 4 is 23.2 Å². The topological polar surface area (TPSA) is 62.3 Å². The Labute approximate surface area is 168 Å². The number of amides is 2. The number of carbonyl (C=O) groups is 2. The maximum Gasteiger partial charge on any atom is 0.253 e. The third-order valence-corrected chi connectivity index (χ3v) is 5.92. The molecule has 5 nitrogen and oxygen atoms in total. The number of likely N-dealkylation sites (tertiary alicyclic amines) is 1. The number of nitrogens with one attached hydrogen (secondary N) is 1. The zero-order valence-electron chi connectivity index (χ0n) is 15.4. The molecule has 2 amide bonds. The van der Waals surface area contributed by atoms with Crippen LogP contribution < -0.4 is 5.32 Å². The molecule has 4 rings (SSSR count). The summed E-state index contributed by atoms with van der Waals surface area (Å²) in [4.78, 5) is 32.0. The normalized spacial score (nSPS) is 14.6. The lowest BCUT2D eigenvalue weighted by molar-refractivity contribution is 0.0698. The number of piperidine rings is 1. The van der Waals surface area contributed by atoms with Crippen LogP contribution in [0.15, 0.2) is 66.3 Å². The lowest BCUT2D eigenvalue weighted by Gasteiger charge is -2.32. The molecule has 3 heterocycles. The highest BCUT2D eigenvalue weighted by Gasteiger charge is 2.24. The zero-order valence-corrected chi connectivity index (χ0v) is 16.2. The van der Waals surface area contributed by atoms with Crippen molar-refractivity contribution in [3.63, 3.8) is 0 Å². The second kappa shape index (κ2) is 8.35. The van der Waals surface area contributed by atoms with Crippen LogP contribution in [0.5, 0.6) is 0 Å². The van der Waals surface area contributed by atoms with E-state index in [2.05, 4.69) is 16.4 Å². The van der Waals surface area contributed by atoms with Crippen LogP contribution in [0.2, 0.25) is 0 Å². The molecule has 0 aliphatic carbocycles. The maximum absolute atomic E-state index is 12.8. The molecule has 0 saturated carbocycles. The Balaban J connectivity index is 1.32. The molecule has 1 aromatic carbocycles. The van der Waals surface area contributed by atoms with E-state index in [9.17, 15) is 9.59 Å². The molecule has 0 unspecified atom stereocenters. The first kappa shape index (κ1) is 18.4. The van der Waals surface area contributed by atoms with Gasteiger partial charge in [0.2, 0.25) is 0 Å². The Kier molecular flexibility index (Phi) is 5.48. The van der Waals surface area contributed by atoms with Gasteiger partial charge in [-0.1, -0.05) is 18.2 Å². The van der Waals surface area contributed by atoms with Crippen molar-refractivity contribution in [2.45, 2.75) is 18.9 Å². The van der Waals surface area contributed by atoms with Crippen LogP contribution in [0.4, 0.5) is 0 Å². The molecule has 142 valence electrons. The van der Waals surface area contributed by atoms with E-state index < -0.39 is 0 Å². The van der Waals surface area contributed by atoms with Gasteiger partial charge in [-0.3, -0.25) is 14.6 Å². The molecule has 0 radical (unpaired) electrons. The molecule has 1 N–H and O–H groups in total. The van der Waals surface area contributed by atoms with E-state index >= 15 is 0 Å². The first-order valence-corrected chi connectivity index (χ1v) is 10.2. The van der Waals surface area contributed by atoms with E-state index in [0.29, 0.717) is 24.2 Å². The summed E-state index contributed by atoms with van der Waals surface area (Å²) in [5.74, 6) is -0.0343. The molecule has 0 spiro atoms. The Morgan fingerprint density at radius 3 is 2.32 bits per heavy atom. The number of hydrogen-bond donors (Lipinski definition) is 1. The number of rotatable bonds is 4. The van der Waals surface area contributed by atoms with Crippen molar-refractivity contribution in [1.29, 1.82) is 0 Å². The van der Waals surface area contributed by atoms with Crippen LogP contribution in [0.3, 0.4) is 0 Å². The van der Waals surface area contributed by atoms with Gasteiger partial charge in [0, 0.05) is 47.5 Å². The largest absolute Gasteiger partial charge is 0.349 e. The average Bonchev–Trinajstić information content (AvgIpc) is 3.29. The van der Waals surface area contributed by atoms with Crippen LogP contribution in [0.1, 0.15) is 33.6 Å². The van der Waals surface area contributed by atoms with Crippen molar-refractivity contribution in [2.75, 3.05) is 13.1 Å². The van der Waals surface area contributed by atoms with Crippen molar-refractivity contribution in [1.82, 2.24) is 15.2 Å². The lowest BCUT2D eigenvalue weighted by atomic mass is 10.0. The summed E-state index contributed by atoms with van der Waals surface area (Å²) in [7, 11) is 0. The number of benzene rings is 1. The number of nitrogens with zero attached hydrogens (tertiary/aromatic N) is 2. The van der Waals surface area contributed by atoms with E-state index in [-0.39, 0.29) is 17.9 Å². The molecule has 0 bridgehead atoms. The Morgan fingerprint density at radius 1 is 0.964 bits per heavy atom. The van der Waals surface area contributed by atoms with Gasteiger partial charge >= 0.3 is 0 Å². The lowest BCUT2D eigenvalue weighted by Crippen LogP contribution is -2.46. The van der Waals surface area contributed by atoms with Crippen molar-refractivity contribution in [3.8, 4) is 10.4 Å². The van der Waals surface area contributed by atoms with Gasteiger partial charge in [-0.15, -0.1) is 11.3 Å². The first-order valence-electron chi connectivity index (χ1n) is 9.35. The highest BCUT2D eigenvalue weighted by atomic mass is 32.1. The second-order valence-corrected chi connectivity index (χ2v) is 7.78. The fraction of sp³-hybridized carbons (Fsp3) is 0.227. The highest BCUT2D eigenvalue weighted by molar-refractivity contribution is 7.13. The molecular formula is C22H21N3O2S. The fourth-order valence-corrected chi connectivity index (χ4v) is 4.13. The summed E-state index contributed by atoms with van der Waals surface area (Å²) in [6.07, 6.45) is 4.74. The number of thiophene rings is 1. The molecule has 3 aromatic rings. The van der Waals surface area contributed by atoms with Crippen LogP contribution >= 0.6 is 11.3 Å². The molecule has 2 aromatic heterocycles. The summed E-state index contributed by atoms with van der Waals surface area (Å²) in [6.45, 7) is 1.29. The van der Waals surface area contributed by atoms with Crippen molar-refractivity contribution in [2.24, 2.45) is 0 Å². The van der Waals surface area contributed by atoms with Crippen LogP contribution in [-0.2, 0) is 0 Å². The quantitative estimate of drug-likeness (QED) is 0.735. The average molecular weight is 391 g/mol. The number of aromatic nitrogens is 1. The summed E-state index contributed by atoms with van der Waals surface area (Å²) in [6, 6.07) is 15.4. The Hall–Kier alpha value is -2.99. The SMILES string of the molecule is O=C(NC1CCN(C(=O)c2ccc(-c3cccs3)cc2)CC1)c1ccncc1. The minimum Gasteiger partial charge on any atom is -0.349 e. The molecule has 1 aliphatic rings. The van der Waals surface area contributed by atoms with Crippen molar-refractivity contribution in [3.05, 3.63) is 77.4 Å². The molecule has 6 heteroatoms. The van der Waals surface area contributed by atoms with Gasteiger partial charge in [-0.05, 0) is 54.1 Å². The first-order chi connectivity index (χ1) is 13.7. The summed E-state index contributed by atoms with van der Waals surface area (Å²) >= 11 is 1.69. The maximum atomic E-state index is 12.8. The van der Waals surface area contributed by atoms with Gasteiger partial charge in [0.15, 0.2) is 0 Å². The van der Waals surface area contributed by atoms with E-state index in [0.717, 1.165) is 18.4 Å². The van der Waals surface area contributed by atoms with Gasteiger partial charge < -0.3 is 10.2 Å². The molecule has 0 atom stereocenters. The minimum atomic E-state index is -0.0867. The predicted octanol–water partition coefficient (Wildman–Crippen LogP) is 3.84. The van der Waals surface area contributed by atoms with Crippen molar-refractivity contribution < 1.29 is 9.59 Å². The third kappa shape index (κ3) is 4.12. The highest BCUT2D eigenvalue weighted by Crippen LogP contribution is 2.25. The molecular weight excluding hydrogens is 370 g/mol. The van der Waals surface area contributed by atoms with Gasteiger partial charge in [0.25, 0.3) is 11.8 Å². The van der Waals surface area contributed by atoms with Crippen LogP contribution in [-0.4, -0.2) is 40.8 Å². The predicted molar refractivity (Wildman–Crippen MR) is 110 cm³/mol. The Morgan fingerprint density at radius 2 is 1.68 bits per heavy atom. The van der Waals surface area contributed by atoms with E-state index in [4.69, 9.17) is 0 Å². The van der Waals surface area contributed by atoms with Gasteiger partial charge in [-0.25, -0.2) is 0 Å². The Bertz CT molecular complexity index is 932. The monoisotopic (exact) mass is 391 g/mol. The third-order valence-electron chi connectivity index (χ3n) is 5.00. The van der Waals surface area contributed by atoms with Gasteiger partial charge in [0.05, 0.1) is 0 Å². The van der Waals surface area contributed by atoms with E-state index in [1.165, 1.54) is 4.88 Å². The number of carbonyl (C=O) groups excluding carboxylic acids is 2. The summed E-state index contributed by atoms with van der Waals surface area (Å²) in [5, 5.41) is 5.10. The fourth-order valence-electron chi connectivity index (χ4n) is 3.40. The molecule has 1 saturated heterocycles. The molecule has 1 aliphatic heterocycles. The zero-order chi connectivity index (χ0) is 19.3. The summed E-state index contributed by atoms with van der Waals surface area (Å²) in [5.41, 5.74) is 2.45. The number of hydrogen-bond acceptors (Lipinski definition) is 4. The molecule has 1 fully saturated rings. The van der Waals surface area contributed by atoms with Gasteiger partial charge in [-0.2, -0.15) is 0 Å². The van der Waals surface area contributed by atoms with Crippen LogP contribution in [0.25, 0.3) is 10.4 Å². The molecule has 28 heavy (non-hydrogen) atoms. The van der Waals surface area contributed by atoms with E-state index in [1.54, 1.807) is 35.9 Å². The standard InChI is InChI=1S/C22H21N3O2S/c26-21(17-7-11-23-12-8-17)24-19-9-13-25(14-10-19)22(27)18-5-3-16(4-6-18)20-2-1-15-28-20/h1-8,11-12,15,19H,9-10,13-14H2,(H,24,26). The smallest absolute Gasteiger partial charge is 0.253 e. The van der Waals surface area contributed by atoms with Crippen LogP contribution in [0, 0.1) is 0 Å². The second-order valence-electron chi connectivity index (χ2n) is 6.83. The minimum absolute atomic E-state index is 0.0524. The van der Waals surface area contributed by atoms with Gasteiger partial charge in [0.1, 0.15) is 0 Å².